The van der Waals surface area contributed by atoms with Gasteiger partial charge in [0.1, 0.15) is 12.4 Å². The first-order chi connectivity index (χ1) is 12.7. The number of fused-ring (bicyclic) bond motifs is 1. The van der Waals surface area contributed by atoms with Gasteiger partial charge in [-0.3, -0.25) is 4.79 Å². The van der Waals surface area contributed by atoms with Crippen LogP contribution >= 0.6 is 11.3 Å². The number of hydrogen-bond acceptors (Lipinski definition) is 7. The minimum Gasteiger partial charge on any atom is -0.482 e. The van der Waals surface area contributed by atoms with Crippen LogP contribution in [0.1, 0.15) is 37.0 Å². The third-order valence-electron chi connectivity index (χ3n) is 3.85. The average molecular weight is 387 g/mol. The van der Waals surface area contributed by atoms with Crippen LogP contribution in [-0.2, 0) is 21.6 Å². The maximum Gasteiger partial charge on any atom is 0.344 e. The maximum absolute atomic E-state index is 11.9. The zero-order valence-corrected chi connectivity index (χ0v) is 16.5. The van der Waals surface area contributed by atoms with Crippen LogP contribution in [0.2, 0.25) is 0 Å². The highest BCUT2D eigenvalue weighted by atomic mass is 32.1. The zero-order valence-electron chi connectivity index (χ0n) is 15.7. The van der Waals surface area contributed by atoms with Crippen molar-refractivity contribution in [3.8, 4) is 5.75 Å². The summed E-state index contributed by atoms with van der Waals surface area (Å²) in [7, 11) is 0. The van der Waals surface area contributed by atoms with E-state index >= 15 is 0 Å². The van der Waals surface area contributed by atoms with Crippen molar-refractivity contribution >= 4 is 22.3 Å². The number of aromatic nitrogens is 3. The minimum absolute atomic E-state index is 0.0301. The summed E-state index contributed by atoms with van der Waals surface area (Å²) in [6.07, 6.45) is 0. The molecule has 0 spiro atoms. The molecule has 0 aliphatic heterocycles. The van der Waals surface area contributed by atoms with Crippen LogP contribution in [0.4, 0.5) is 0 Å². The molecule has 0 atom stereocenters. The number of aryl methyl sites for hydroxylation is 1. The lowest BCUT2D eigenvalue weighted by Crippen LogP contribution is -2.16. The summed E-state index contributed by atoms with van der Waals surface area (Å²) in [4.78, 5) is 28.4. The molecule has 0 unspecified atom stereocenters. The molecule has 142 valence electrons. The third kappa shape index (κ3) is 4.71. The van der Waals surface area contributed by atoms with Crippen molar-refractivity contribution in [1.29, 1.82) is 0 Å². The Hall–Kier alpha value is -2.74. The quantitative estimate of drug-likeness (QED) is 0.626. The highest BCUT2D eigenvalue weighted by Crippen LogP contribution is 2.24. The molecule has 0 radical (unpaired) electrons. The summed E-state index contributed by atoms with van der Waals surface area (Å²) in [5, 5.41) is 4.61. The van der Waals surface area contributed by atoms with Gasteiger partial charge in [-0.05, 0) is 30.0 Å². The number of esters is 1. The summed E-state index contributed by atoms with van der Waals surface area (Å²) in [6.45, 7) is 7.91. The second-order valence-electron chi connectivity index (χ2n) is 7.15. The van der Waals surface area contributed by atoms with Crippen molar-refractivity contribution in [2.45, 2.75) is 39.7 Å². The summed E-state index contributed by atoms with van der Waals surface area (Å²) < 4.78 is 11.8. The molecule has 0 fully saturated rings. The van der Waals surface area contributed by atoms with E-state index in [1.807, 2.05) is 24.3 Å². The van der Waals surface area contributed by atoms with Crippen molar-refractivity contribution < 1.29 is 14.3 Å². The van der Waals surface area contributed by atoms with Gasteiger partial charge in [-0.15, -0.1) is 0 Å². The van der Waals surface area contributed by atoms with Crippen molar-refractivity contribution in [1.82, 2.24) is 14.6 Å². The monoisotopic (exact) mass is 387 g/mol. The van der Waals surface area contributed by atoms with Gasteiger partial charge in [0.2, 0.25) is 4.96 Å². The Morgan fingerprint density at radius 3 is 2.59 bits per heavy atom. The molecule has 2 aromatic heterocycles. The average Bonchev–Trinajstić information content (AvgIpc) is 3.01. The van der Waals surface area contributed by atoms with E-state index in [0.29, 0.717) is 21.4 Å². The Kier molecular flexibility index (Phi) is 5.27. The molecular weight excluding hydrogens is 366 g/mol. The second-order valence-corrected chi connectivity index (χ2v) is 8.19. The highest BCUT2D eigenvalue weighted by Gasteiger charge is 2.14. The molecule has 27 heavy (non-hydrogen) atoms. The van der Waals surface area contributed by atoms with Crippen LogP contribution in [0.3, 0.4) is 0 Å². The van der Waals surface area contributed by atoms with Gasteiger partial charge >= 0.3 is 5.97 Å². The van der Waals surface area contributed by atoms with Crippen LogP contribution in [0.5, 0.6) is 5.75 Å². The van der Waals surface area contributed by atoms with E-state index in [4.69, 9.17) is 9.47 Å². The Balaban J connectivity index is 1.54. The predicted molar refractivity (Wildman–Crippen MR) is 102 cm³/mol. The Labute approximate surface area is 160 Å². The predicted octanol–water partition coefficient (Wildman–Crippen LogP) is 2.88. The lowest BCUT2D eigenvalue weighted by Gasteiger charge is -2.19. The Morgan fingerprint density at radius 1 is 1.22 bits per heavy atom. The number of carbonyl (C=O) groups is 1. The van der Waals surface area contributed by atoms with Crippen LogP contribution in [0, 0.1) is 6.92 Å². The molecular formula is C19H21N3O4S. The lowest BCUT2D eigenvalue weighted by molar-refractivity contribution is -0.147. The van der Waals surface area contributed by atoms with Crippen molar-refractivity contribution in [2.75, 3.05) is 6.61 Å². The van der Waals surface area contributed by atoms with Gasteiger partial charge < -0.3 is 9.47 Å². The maximum atomic E-state index is 11.9. The van der Waals surface area contributed by atoms with E-state index in [1.165, 1.54) is 27.5 Å². The molecule has 0 aliphatic carbocycles. The molecule has 0 bridgehead atoms. The van der Waals surface area contributed by atoms with E-state index in [2.05, 4.69) is 30.9 Å². The number of benzene rings is 1. The molecule has 3 rings (SSSR count). The van der Waals surface area contributed by atoms with Crippen LogP contribution in [-0.4, -0.2) is 27.2 Å². The molecule has 1 aromatic carbocycles. The van der Waals surface area contributed by atoms with Crippen LogP contribution in [0.25, 0.3) is 4.96 Å². The summed E-state index contributed by atoms with van der Waals surface area (Å²) in [6, 6.07) is 9.04. The number of nitrogens with zero attached hydrogens (tertiary/aromatic N) is 3. The Bertz CT molecular complexity index is 1020. The SMILES string of the molecule is Cc1cc(=O)n2nc(COC(=O)COc3ccc(C(C)(C)C)cc3)sc2n1. The number of ether oxygens (including phenoxy) is 2. The van der Waals surface area contributed by atoms with Crippen molar-refractivity contribution in [3.05, 3.63) is 57.0 Å². The first kappa shape index (κ1) is 19.0. The van der Waals surface area contributed by atoms with Crippen LogP contribution in [0.15, 0.2) is 35.1 Å². The fourth-order valence-electron chi connectivity index (χ4n) is 2.40. The zero-order chi connectivity index (χ0) is 19.6. The first-order valence-electron chi connectivity index (χ1n) is 8.48. The third-order valence-corrected chi connectivity index (χ3v) is 4.73. The molecule has 7 nitrogen and oxygen atoms in total. The molecule has 0 aliphatic rings. The van der Waals surface area contributed by atoms with E-state index in [9.17, 15) is 9.59 Å². The summed E-state index contributed by atoms with van der Waals surface area (Å²) in [5.41, 5.74) is 1.61. The highest BCUT2D eigenvalue weighted by molar-refractivity contribution is 7.16. The van der Waals surface area contributed by atoms with Gasteiger partial charge in [0.15, 0.2) is 11.6 Å². The van der Waals surface area contributed by atoms with Gasteiger partial charge in [-0.25, -0.2) is 9.78 Å². The molecule has 8 heteroatoms. The van der Waals surface area contributed by atoms with Crippen molar-refractivity contribution in [3.63, 3.8) is 0 Å². The molecule has 0 saturated heterocycles. The largest absolute Gasteiger partial charge is 0.482 e. The van der Waals surface area contributed by atoms with Gasteiger partial charge in [-0.1, -0.05) is 44.2 Å². The van der Waals surface area contributed by atoms with E-state index in [1.54, 1.807) is 6.92 Å². The molecule has 3 aromatic rings. The topological polar surface area (TPSA) is 82.8 Å². The standard InChI is InChI=1S/C19H21N3O4S/c1-12-9-16(23)22-18(20-12)27-15(21-22)10-26-17(24)11-25-14-7-5-13(6-8-14)19(2,3)4/h5-9H,10-11H2,1-4H3. The molecule has 0 N–H and O–H groups in total. The van der Waals surface area contributed by atoms with E-state index in [0.717, 1.165) is 0 Å². The fourth-order valence-corrected chi connectivity index (χ4v) is 3.25. The van der Waals surface area contributed by atoms with Crippen molar-refractivity contribution in [2.24, 2.45) is 0 Å². The van der Waals surface area contributed by atoms with Gasteiger partial charge in [0.05, 0.1) is 0 Å². The van der Waals surface area contributed by atoms with Crippen LogP contribution < -0.4 is 10.3 Å². The number of hydrogen-bond donors (Lipinski definition) is 0. The molecule has 2 heterocycles. The lowest BCUT2D eigenvalue weighted by atomic mass is 9.87. The fraction of sp³-hybridized carbons (Fsp3) is 0.368. The smallest absolute Gasteiger partial charge is 0.344 e. The second kappa shape index (κ2) is 7.48. The Morgan fingerprint density at radius 2 is 1.93 bits per heavy atom. The number of carbonyl (C=O) groups excluding carboxylic acids is 1. The minimum atomic E-state index is -0.509. The van der Waals surface area contributed by atoms with Gasteiger partial charge in [0, 0.05) is 11.8 Å². The number of rotatable bonds is 5. The summed E-state index contributed by atoms with van der Waals surface area (Å²) in [5.74, 6) is 0.0943. The summed E-state index contributed by atoms with van der Waals surface area (Å²) >= 11 is 1.21. The normalized spacial score (nSPS) is 11.6. The van der Waals surface area contributed by atoms with Gasteiger partial charge in [0.25, 0.3) is 5.56 Å². The van der Waals surface area contributed by atoms with E-state index in [-0.39, 0.29) is 24.2 Å². The molecule has 0 saturated carbocycles. The first-order valence-corrected chi connectivity index (χ1v) is 9.29. The van der Waals surface area contributed by atoms with Gasteiger partial charge in [-0.2, -0.15) is 9.61 Å². The molecule has 0 amide bonds. The van der Waals surface area contributed by atoms with E-state index < -0.39 is 5.97 Å².